The number of nitrogens with zero attached hydrogens (tertiary/aromatic N) is 1. The van der Waals surface area contributed by atoms with Crippen molar-refractivity contribution in [1.82, 2.24) is 5.06 Å². The van der Waals surface area contributed by atoms with E-state index in [2.05, 4.69) is 0 Å². The summed E-state index contributed by atoms with van der Waals surface area (Å²) in [6.45, 7) is 0. The number of hydrogen-bond acceptors (Lipinski definition) is 6. The number of methoxy groups -OCH3 is 2. The fraction of sp³-hybridized carbons (Fsp3) is 0.200. The third-order valence-electron chi connectivity index (χ3n) is 4.43. The number of rotatable bonds is 4. The summed E-state index contributed by atoms with van der Waals surface area (Å²) < 4.78 is 9.81. The summed E-state index contributed by atoms with van der Waals surface area (Å²) in [7, 11) is 4.17. The molecule has 134 valence electrons. The van der Waals surface area contributed by atoms with Gasteiger partial charge in [-0.2, -0.15) is 0 Å². The van der Waals surface area contributed by atoms with Crippen LogP contribution in [0.4, 0.5) is 0 Å². The van der Waals surface area contributed by atoms with Crippen LogP contribution in [0.3, 0.4) is 0 Å². The van der Waals surface area contributed by atoms with E-state index in [1.165, 1.54) is 19.3 Å². The van der Waals surface area contributed by atoms with Gasteiger partial charge in [0.05, 0.1) is 14.2 Å². The smallest absolute Gasteiger partial charge is 0.376 e. The second kappa shape index (κ2) is 7.01. The minimum atomic E-state index is -1.15. The van der Waals surface area contributed by atoms with E-state index in [-0.39, 0.29) is 11.3 Å². The molecule has 1 heterocycles. The maximum absolute atomic E-state index is 12.8. The number of ether oxygens (including phenoxy) is 2. The summed E-state index contributed by atoms with van der Waals surface area (Å²) >= 11 is 0. The van der Waals surface area contributed by atoms with E-state index < -0.39 is 17.5 Å². The van der Waals surface area contributed by atoms with Gasteiger partial charge in [-0.05, 0) is 11.1 Å². The molecule has 6 heteroatoms. The molecule has 0 saturated carbocycles. The Labute approximate surface area is 151 Å². The molecule has 0 aliphatic carbocycles. The molecule has 0 saturated heterocycles. The van der Waals surface area contributed by atoms with Crippen LogP contribution in [0.25, 0.3) is 0 Å². The number of carbonyl (C=O) groups is 2. The zero-order chi connectivity index (χ0) is 18.7. The Morgan fingerprint density at radius 2 is 1.31 bits per heavy atom. The van der Waals surface area contributed by atoms with Gasteiger partial charge < -0.3 is 14.3 Å². The molecule has 0 fully saturated rings. The highest BCUT2D eigenvalue weighted by atomic mass is 16.7. The normalized spacial score (nSPS) is 16.1. The third kappa shape index (κ3) is 2.55. The molecule has 0 aromatic heterocycles. The topological polar surface area (TPSA) is 65.1 Å². The van der Waals surface area contributed by atoms with E-state index in [9.17, 15) is 9.59 Å². The van der Waals surface area contributed by atoms with Gasteiger partial charge in [0, 0.05) is 7.05 Å². The molecule has 0 bridgehead atoms. The highest BCUT2D eigenvalue weighted by Gasteiger charge is 2.55. The quantitative estimate of drug-likeness (QED) is 0.787. The Hall–Kier alpha value is -3.12. The molecule has 6 nitrogen and oxygen atoms in total. The second-order valence-corrected chi connectivity index (χ2v) is 5.72. The van der Waals surface area contributed by atoms with Crippen LogP contribution in [0.15, 0.2) is 72.0 Å². The van der Waals surface area contributed by atoms with Crippen LogP contribution in [0.5, 0.6) is 0 Å². The monoisotopic (exact) mass is 353 g/mol. The fourth-order valence-electron chi connectivity index (χ4n) is 3.32. The van der Waals surface area contributed by atoms with Crippen molar-refractivity contribution >= 4 is 11.9 Å². The molecule has 0 atom stereocenters. The minimum absolute atomic E-state index is 0.0757. The van der Waals surface area contributed by atoms with Crippen LogP contribution in [-0.2, 0) is 29.4 Å². The average Bonchev–Trinajstić information content (AvgIpc) is 3.02. The Morgan fingerprint density at radius 1 is 0.846 bits per heavy atom. The lowest BCUT2D eigenvalue weighted by atomic mass is 9.76. The Kier molecular flexibility index (Phi) is 4.77. The predicted molar refractivity (Wildman–Crippen MR) is 93.6 cm³/mol. The lowest BCUT2D eigenvalue weighted by Crippen LogP contribution is -2.44. The highest BCUT2D eigenvalue weighted by Crippen LogP contribution is 2.48. The van der Waals surface area contributed by atoms with Crippen LogP contribution in [0.2, 0.25) is 0 Å². The first-order valence-corrected chi connectivity index (χ1v) is 8.01. The molecule has 0 amide bonds. The van der Waals surface area contributed by atoms with E-state index in [4.69, 9.17) is 14.3 Å². The van der Waals surface area contributed by atoms with Crippen molar-refractivity contribution in [2.45, 2.75) is 5.54 Å². The van der Waals surface area contributed by atoms with Crippen molar-refractivity contribution < 1.29 is 23.9 Å². The summed E-state index contributed by atoms with van der Waals surface area (Å²) in [6, 6.07) is 18.7. The maximum Gasteiger partial charge on any atom is 0.376 e. The largest absolute Gasteiger partial charge is 0.465 e. The van der Waals surface area contributed by atoms with Gasteiger partial charge in [0.2, 0.25) is 5.76 Å². The zero-order valence-electron chi connectivity index (χ0n) is 14.8. The minimum Gasteiger partial charge on any atom is -0.465 e. The summed E-state index contributed by atoms with van der Waals surface area (Å²) in [4.78, 5) is 30.8. The van der Waals surface area contributed by atoms with Crippen LogP contribution in [0.1, 0.15) is 11.1 Å². The molecule has 1 aliphatic rings. The molecule has 1 aliphatic heterocycles. The Balaban J connectivity index is 2.40. The average molecular weight is 353 g/mol. The first-order chi connectivity index (χ1) is 12.6. The number of carbonyl (C=O) groups excluding carboxylic acids is 2. The lowest BCUT2D eigenvalue weighted by Gasteiger charge is -2.36. The van der Waals surface area contributed by atoms with Gasteiger partial charge >= 0.3 is 11.9 Å². The number of esters is 2. The summed E-state index contributed by atoms with van der Waals surface area (Å²) in [5.41, 5.74) is 0.437. The summed E-state index contributed by atoms with van der Waals surface area (Å²) in [6.07, 6.45) is 0. The van der Waals surface area contributed by atoms with Gasteiger partial charge in [-0.1, -0.05) is 60.7 Å². The second-order valence-electron chi connectivity index (χ2n) is 5.72. The highest BCUT2D eigenvalue weighted by molar-refractivity contribution is 6.02. The summed E-state index contributed by atoms with van der Waals surface area (Å²) in [5, 5.41) is 1.48. The van der Waals surface area contributed by atoms with Crippen molar-refractivity contribution in [3.8, 4) is 0 Å². The predicted octanol–water partition coefficient (Wildman–Crippen LogP) is 2.41. The third-order valence-corrected chi connectivity index (χ3v) is 4.43. The molecule has 0 radical (unpaired) electrons. The van der Waals surface area contributed by atoms with Gasteiger partial charge in [-0.25, -0.2) is 9.59 Å². The Morgan fingerprint density at radius 3 is 1.73 bits per heavy atom. The standard InChI is InChI=1S/C20H19NO5/c1-21-20(14-10-6-4-7-11-14,15-12-8-5-9-13-15)16(18(22)24-2)17(26-21)19(23)25-3/h4-13H,1-3H3. The van der Waals surface area contributed by atoms with Crippen LogP contribution >= 0.6 is 0 Å². The first kappa shape index (κ1) is 17.7. The van der Waals surface area contributed by atoms with Crippen molar-refractivity contribution in [3.63, 3.8) is 0 Å². The molecule has 3 rings (SSSR count). The Bertz CT molecular complexity index is 806. The summed E-state index contributed by atoms with van der Waals surface area (Å²) in [5.74, 6) is -1.59. The van der Waals surface area contributed by atoms with Crippen LogP contribution in [-0.4, -0.2) is 38.3 Å². The van der Waals surface area contributed by atoms with Crippen molar-refractivity contribution in [2.24, 2.45) is 0 Å². The molecule has 0 N–H and O–H groups in total. The van der Waals surface area contributed by atoms with Gasteiger partial charge in [0.15, 0.2) is 0 Å². The molecule has 2 aromatic carbocycles. The van der Waals surface area contributed by atoms with Crippen LogP contribution < -0.4 is 0 Å². The number of benzene rings is 2. The first-order valence-electron chi connectivity index (χ1n) is 8.01. The maximum atomic E-state index is 12.8. The van der Waals surface area contributed by atoms with E-state index in [0.29, 0.717) is 0 Å². The molecule has 2 aromatic rings. The van der Waals surface area contributed by atoms with Crippen molar-refractivity contribution in [3.05, 3.63) is 83.1 Å². The van der Waals surface area contributed by atoms with E-state index in [1.54, 1.807) is 7.05 Å². The molecule has 0 unspecified atom stereocenters. The van der Waals surface area contributed by atoms with Gasteiger partial charge in [-0.3, -0.25) is 0 Å². The SMILES string of the molecule is COC(=O)C1=C(C(=O)OC)C(c2ccccc2)(c2ccccc2)N(C)O1. The lowest BCUT2D eigenvalue weighted by molar-refractivity contribution is -0.158. The molecular weight excluding hydrogens is 334 g/mol. The van der Waals surface area contributed by atoms with E-state index >= 15 is 0 Å². The molecular formula is C20H19NO5. The number of likely N-dealkylation sites (N-methyl/N-ethyl adjacent to an activating group) is 1. The van der Waals surface area contributed by atoms with Crippen molar-refractivity contribution in [2.75, 3.05) is 21.3 Å². The van der Waals surface area contributed by atoms with Gasteiger partial charge in [-0.15, -0.1) is 5.06 Å². The van der Waals surface area contributed by atoms with Gasteiger partial charge in [0.25, 0.3) is 0 Å². The number of hydrogen-bond donors (Lipinski definition) is 0. The van der Waals surface area contributed by atoms with Crippen LogP contribution in [0, 0.1) is 0 Å². The molecule has 26 heavy (non-hydrogen) atoms. The zero-order valence-corrected chi connectivity index (χ0v) is 14.8. The fourth-order valence-corrected chi connectivity index (χ4v) is 3.32. The van der Waals surface area contributed by atoms with Crippen molar-refractivity contribution in [1.29, 1.82) is 0 Å². The van der Waals surface area contributed by atoms with E-state index in [1.807, 2.05) is 60.7 Å². The molecule has 0 spiro atoms. The number of hydroxylamine groups is 2. The van der Waals surface area contributed by atoms with Gasteiger partial charge in [0.1, 0.15) is 11.1 Å². The van der Waals surface area contributed by atoms with E-state index in [0.717, 1.165) is 11.1 Å².